The lowest BCUT2D eigenvalue weighted by atomic mass is 10.2. The van der Waals surface area contributed by atoms with Gasteiger partial charge in [-0.2, -0.15) is 0 Å². The van der Waals surface area contributed by atoms with Gasteiger partial charge < -0.3 is 14.7 Å². The molecule has 0 unspecified atom stereocenters. The van der Waals surface area contributed by atoms with Gasteiger partial charge in [0.15, 0.2) is 0 Å². The molecule has 0 spiro atoms. The number of nitrogens with zero attached hydrogens (tertiary/aromatic N) is 1. The molecule has 0 radical (unpaired) electrons. The fraction of sp³-hybridized carbons (Fsp3) is 0.267. The standard InChI is InChI=1S/C15H17N3O/c1-10-11(2)19-15(18-10)9-16-7-12-8-17-14-6-4-3-5-13(12)14/h3-6,8,16-17H,7,9H2,1-2H3. The van der Waals surface area contributed by atoms with Crippen molar-refractivity contribution in [3.8, 4) is 0 Å². The van der Waals surface area contributed by atoms with Gasteiger partial charge in [-0.05, 0) is 25.5 Å². The summed E-state index contributed by atoms with van der Waals surface area (Å²) in [6.07, 6.45) is 2.05. The van der Waals surface area contributed by atoms with Crippen LogP contribution in [0.4, 0.5) is 0 Å². The largest absolute Gasteiger partial charge is 0.444 e. The van der Waals surface area contributed by atoms with Crippen LogP contribution >= 0.6 is 0 Å². The van der Waals surface area contributed by atoms with Crippen LogP contribution in [0.5, 0.6) is 0 Å². The Hall–Kier alpha value is -2.07. The smallest absolute Gasteiger partial charge is 0.208 e. The third-order valence-electron chi connectivity index (χ3n) is 3.34. The number of benzene rings is 1. The number of fused-ring (bicyclic) bond motifs is 1. The van der Waals surface area contributed by atoms with Gasteiger partial charge in [-0.1, -0.05) is 18.2 Å². The molecule has 3 aromatic rings. The maximum Gasteiger partial charge on any atom is 0.208 e. The Balaban J connectivity index is 1.66. The average Bonchev–Trinajstić information content (AvgIpc) is 2.95. The number of nitrogens with one attached hydrogen (secondary N) is 2. The number of H-pyrrole nitrogens is 1. The van der Waals surface area contributed by atoms with E-state index in [2.05, 4.69) is 33.5 Å². The van der Waals surface area contributed by atoms with Crippen molar-refractivity contribution in [1.29, 1.82) is 0 Å². The molecule has 4 nitrogen and oxygen atoms in total. The molecule has 0 aliphatic heterocycles. The molecule has 1 aromatic carbocycles. The SMILES string of the molecule is Cc1nc(CNCc2c[nH]c3ccccc23)oc1C. The van der Waals surface area contributed by atoms with Crippen molar-refractivity contribution in [1.82, 2.24) is 15.3 Å². The van der Waals surface area contributed by atoms with Gasteiger partial charge in [-0.3, -0.25) is 0 Å². The van der Waals surface area contributed by atoms with Crippen LogP contribution in [0.3, 0.4) is 0 Å². The second-order valence-corrected chi connectivity index (χ2v) is 4.71. The highest BCUT2D eigenvalue weighted by Gasteiger charge is 2.06. The maximum absolute atomic E-state index is 5.54. The van der Waals surface area contributed by atoms with E-state index in [1.54, 1.807) is 0 Å². The van der Waals surface area contributed by atoms with Crippen molar-refractivity contribution in [2.45, 2.75) is 26.9 Å². The van der Waals surface area contributed by atoms with Gasteiger partial charge in [0.25, 0.3) is 0 Å². The van der Waals surface area contributed by atoms with Crippen LogP contribution in [0.2, 0.25) is 0 Å². The van der Waals surface area contributed by atoms with Gasteiger partial charge in [0.2, 0.25) is 5.89 Å². The molecule has 3 rings (SSSR count). The Kier molecular flexibility index (Phi) is 3.09. The summed E-state index contributed by atoms with van der Waals surface area (Å²) in [5, 5.41) is 4.62. The Labute approximate surface area is 111 Å². The first-order chi connectivity index (χ1) is 9.24. The molecule has 4 heteroatoms. The van der Waals surface area contributed by atoms with Crippen molar-refractivity contribution < 1.29 is 4.42 Å². The minimum Gasteiger partial charge on any atom is -0.444 e. The molecule has 2 aromatic heterocycles. The van der Waals surface area contributed by atoms with Crippen LogP contribution in [-0.4, -0.2) is 9.97 Å². The summed E-state index contributed by atoms with van der Waals surface area (Å²) in [6, 6.07) is 8.30. The van der Waals surface area contributed by atoms with Crippen LogP contribution in [-0.2, 0) is 13.1 Å². The number of hydrogen-bond donors (Lipinski definition) is 2. The van der Waals surface area contributed by atoms with E-state index in [0.29, 0.717) is 6.54 Å². The highest BCUT2D eigenvalue weighted by Crippen LogP contribution is 2.17. The molecule has 0 aliphatic rings. The predicted octanol–water partition coefficient (Wildman–Crippen LogP) is 3.06. The normalized spacial score (nSPS) is 11.3. The molecule has 2 heterocycles. The second-order valence-electron chi connectivity index (χ2n) is 4.71. The zero-order chi connectivity index (χ0) is 13.2. The topological polar surface area (TPSA) is 53.9 Å². The lowest BCUT2D eigenvalue weighted by Gasteiger charge is -2.00. The summed E-state index contributed by atoms with van der Waals surface area (Å²) in [7, 11) is 0. The van der Waals surface area contributed by atoms with Crippen LogP contribution in [0.15, 0.2) is 34.9 Å². The number of aromatic amines is 1. The van der Waals surface area contributed by atoms with Crippen LogP contribution < -0.4 is 5.32 Å². The number of para-hydroxylation sites is 1. The summed E-state index contributed by atoms with van der Waals surface area (Å²) < 4.78 is 5.54. The lowest BCUT2D eigenvalue weighted by Crippen LogP contribution is -2.12. The fourth-order valence-corrected chi connectivity index (χ4v) is 2.20. The van der Waals surface area contributed by atoms with E-state index >= 15 is 0 Å². The molecule has 0 aliphatic carbocycles. The number of rotatable bonds is 4. The van der Waals surface area contributed by atoms with E-state index in [1.165, 1.54) is 16.5 Å². The Bertz CT molecular complexity index is 677. The highest BCUT2D eigenvalue weighted by molar-refractivity contribution is 5.82. The number of aryl methyl sites for hydroxylation is 2. The zero-order valence-corrected chi connectivity index (χ0v) is 11.2. The molecular weight excluding hydrogens is 238 g/mol. The minimum absolute atomic E-state index is 0.647. The predicted molar refractivity (Wildman–Crippen MR) is 74.8 cm³/mol. The van der Waals surface area contributed by atoms with E-state index in [-0.39, 0.29) is 0 Å². The summed E-state index contributed by atoms with van der Waals surface area (Å²) in [6.45, 7) is 5.34. The molecule has 0 saturated heterocycles. The monoisotopic (exact) mass is 255 g/mol. The molecule has 0 atom stereocenters. The van der Waals surface area contributed by atoms with Crippen molar-refractivity contribution >= 4 is 10.9 Å². The summed E-state index contributed by atoms with van der Waals surface area (Å²) in [5.41, 5.74) is 3.39. The molecular formula is C15H17N3O. The molecule has 98 valence electrons. The van der Waals surface area contributed by atoms with E-state index in [9.17, 15) is 0 Å². The van der Waals surface area contributed by atoms with Crippen molar-refractivity contribution in [3.05, 3.63) is 53.4 Å². The quantitative estimate of drug-likeness (QED) is 0.753. The Morgan fingerprint density at radius 1 is 1.21 bits per heavy atom. The van der Waals surface area contributed by atoms with Crippen LogP contribution in [0.1, 0.15) is 22.9 Å². The Morgan fingerprint density at radius 2 is 2.05 bits per heavy atom. The fourth-order valence-electron chi connectivity index (χ4n) is 2.20. The summed E-state index contributed by atoms with van der Waals surface area (Å²) in [5.74, 6) is 1.64. The first kappa shape index (κ1) is 12.0. The molecule has 0 fully saturated rings. The van der Waals surface area contributed by atoms with E-state index in [1.807, 2.05) is 26.1 Å². The number of aromatic nitrogens is 2. The first-order valence-corrected chi connectivity index (χ1v) is 6.42. The van der Waals surface area contributed by atoms with Gasteiger partial charge in [-0.25, -0.2) is 4.98 Å². The molecule has 0 bridgehead atoms. The number of hydrogen-bond acceptors (Lipinski definition) is 3. The van der Waals surface area contributed by atoms with E-state index in [4.69, 9.17) is 4.42 Å². The minimum atomic E-state index is 0.647. The third-order valence-corrected chi connectivity index (χ3v) is 3.34. The zero-order valence-electron chi connectivity index (χ0n) is 11.2. The molecule has 19 heavy (non-hydrogen) atoms. The van der Waals surface area contributed by atoms with Gasteiger partial charge >= 0.3 is 0 Å². The van der Waals surface area contributed by atoms with Crippen molar-refractivity contribution in [3.63, 3.8) is 0 Å². The molecule has 0 amide bonds. The van der Waals surface area contributed by atoms with Crippen LogP contribution in [0, 0.1) is 13.8 Å². The second kappa shape index (κ2) is 4.90. The average molecular weight is 255 g/mol. The van der Waals surface area contributed by atoms with E-state index in [0.717, 1.165) is 23.9 Å². The summed E-state index contributed by atoms with van der Waals surface area (Å²) in [4.78, 5) is 7.63. The van der Waals surface area contributed by atoms with Gasteiger partial charge in [0, 0.05) is 23.6 Å². The Morgan fingerprint density at radius 3 is 2.84 bits per heavy atom. The third kappa shape index (κ3) is 2.39. The summed E-state index contributed by atoms with van der Waals surface area (Å²) >= 11 is 0. The molecule has 0 saturated carbocycles. The van der Waals surface area contributed by atoms with Crippen LogP contribution in [0.25, 0.3) is 10.9 Å². The van der Waals surface area contributed by atoms with Gasteiger partial charge in [-0.15, -0.1) is 0 Å². The lowest BCUT2D eigenvalue weighted by molar-refractivity contribution is 0.449. The molecule has 2 N–H and O–H groups in total. The van der Waals surface area contributed by atoms with Crippen molar-refractivity contribution in [2.75, 3.05) is 0 Å². The van der Waals surface area contributed by atoms with Gasteiger partial charge in [0.1, 0.15) is 5.76 Å². The van der Waals surface area contributed by atoms with Gasteiger partial charge in [0.05, 0.1) is 12.2 Å². The highest BCUT2D eigenvalue weighted by atomic mass is 16.4. The first-order valence-electron chi connectivity index (χ1n) is 6.42. The van der Waals surface area contributed by atoms with Crippen molar-refractivity contribution in [2.24, 2.45) is 0 Å². The maximum atomic E-state index is 5.54. The number of oxazole rings is 1. The van der Waals surface area contributed by atoms with E-state index < -0.39 is 0 Å².